The van der Waals surface area contributed by atoms with Crippen LogP contribution in [0.15, 0.2) is 18.2 Å². The summed E-state index contributed by atoms with van der Waals surface area (Å²) < 4.78 is 18.5. The van der Waals surface area contributed by atoms with Gasteiger partial charge in [0.2, 0.25) is 11.8 Å². The molecule has 1 heterocycles. The van der Waals surface area contributed by atoms with Gasteiger partial charge in [-0.05, 0) is 25.1 Å². The van der Waals surface area contributed by atoms with E-state index in [1.807, 2.05) is 0 Å². The van der Waals surface area contributed by atoms with E-state index in [1.165, 1.54) is 25.3 Å². The lowest BCUT2D eigenvalue weighted by Crippen LogP contribution is -2.58. The molecule has 0 aliphatic carbocycles. The van der Waals surface area contributed by atoms with Crippen molar-refractivity contribution in [3.63, 3.8) is 0 Å². The maximum Gasteiger partial charge on any atom is 0.239 e. The van der Waals surface area contributed by atoms with Gasteiger partial charge in [0, 0.05) is 12.1 Å². The molecule has 0 radical (unpaired) electrons. The molecule has 1 aromatic rings. The normalized spacial score (nSPS) is 19.6. The van der Waals surface area contributed by atoms with E-state index in [1.54, 1.807) is 6.92 Å². The zero-order valence-corrected chi connectivity index (χ0v) is 11.9. The fourth-order valence-corrected chi connectivity index (χ4v) is 2.19. The first kappa shape index (κ1) is 15.2. The van der Waals surface area contributed by atoms with E-state index in [2.05, 4.69) is 16.0 Å². The van der Waals surface area contributed by atoms with E-state index < -0.39 is 17.9 Å². The van der Waals surface area contributed by atoms with Crippen molar-refractivity contribution >= 4 is 11.8 Å². The molecule has 0 saturated carbocycles. The number of methoxy groups -OCH3 is 1. The Balaban J connectivity index is 2.03. The van der Waals surface area contributed by atoms with Gasteiger partial charge in [0.25, 0.3) is 0 Å². The predicted octanol–water partition coefficient (Wildman–Crippen LogP) is 0.0995. The number of carbonyl (C=O) groups excluding carboxylic acids is 2. The van der Waals surface area contributed by atoms with Crippen LogP contribution >= 0.6 is 0 Å². The molecule has 1 aliphatic heterocycles. The Kier molecular flexibility index (Phi) is 4.74. The first-order valence-electron chi connectivity index (χ1n) is 6.65. The minimum Gasteiger partial charge on any atom is -0.496 e. The summed E-state index contributed by atoms with van der Waals surface area (Å²) >= 11 is 0. The molecule has 2 amide bonds. The van der Waals surface area contributed by atoms with E-state index in [9.17, 15) is 14.0 Å². The molecule has 1 aromatic carbocycles. The number of benzene rings is 1. The summed E-state index contributed by atoms with van der Waals surface area (Å²) in [6.07, 6.45) is 0. The van der Waals surface area contributed by atoms with Gasteiger partial charge in [-0.1, -0.05) is 0 Å². The van der Waals surface area contributed by atoms with Crippen LogP contribution in [0.4, 0.5) is 4.39 Å². The summed E-state index contributed by atoms with van der Waals surface area (Å²) in [4.78, 5) is 23.1. The van der Waals surface area contributed by atoms with Gasteiger partial charge in [-0.25, -0.2) is 4.39 Å². The second kappa shape index (κ2) is 6.53. The van der Waals surface area contributed by atoms with Crippen LogP contribution in [0, 0.1) is 5.82 Å². The first-order chi connectivity index (χ1) is 10.0. The molecule has 114 valence electrons. The third-order valence-corrected chi connectivity index (χ3v) is 3.35. The Bertz CT molecular complexity index is 540. The van der Waals surface area contributed by atoms with Crippen LogP contribution in [-0.2, 0) is 9.59 Å². The van der Waals surface area contributed by atoms with Crippen LogP contribution in [0.5, 0.6) is 5.75 Å². The van der Waals surface area contributed by atoms with Gasteiger partial charge in [-0.15, -0.1) is 0 Å². The van der Waals surface area contributed by atoms with Crippen LogP contribution in [0.3, 0.4) is 0 Å². The van der Waals surface area contributed by atoms with Crippen molar-refractivity contribution in [2.75, 3.05) is 20.2 Å². The second-order valence-electron chi connectivity index (χ2n) is 4.85. The van der Waals surface area contributed by atoms with Crippen LogP contribution < -0.4 is 20.7 Å². The monoisotopic (exact) mass is 295 g/mol. The zero-order valence-electron chi connectivity index (χ0n) is 11.9. The average molecular weight is 295 g/mol. The van der Waals surface area contributed by atoms with E-state index >= 15 is 0 Å². The van der Waals surface area contributed by atoms with E-state index in [-0.39, 0.29) is 24.9 Å². The van der Waals surface area contributed by atoms with Crippen LogP contribution in [0.2, 0.25) is 0 Å². The lowest BCUT2D eigenvalue weighted by molar-refractivity contribution is -0.127. The molecule has 2 rings (SSSR count). The quantitative estimate of drug-likeness (QED) is 0.736. The Labute approximate surface area is 122 Å². The lowest BCUT2D eigenvalue weighted by atomic mass is 10.1. The predicted molar refractivity (Wildman–Crippen MR) is 74.3 cm³/mol. The Morgan fingerprint density at radius 1 is 1.52 bits per heavy atom. The van der Waals surface area contributed by atoms with Gasteiger partial charge >= 0.3 is 0 Å². The van der Waals surface area contributed by atoms with Crippen LogP contribution in [0.25, 0.3) is 0 Å². The maximum atomic E-state index is 13.4. The number of ether oxygens (including phenoxy) is 1. The molecule has 7 heteroatoms. The lowest BCUT2D eigenvalue weighted by Gasteiger charge is -2.25. The van der Waals surface area contributed by atoms with Crippen molar-refractivity contribution < 1.29 is 18.7 Å². The van der Waals surface area contributed by atoms with Gasteiger partial charge < -0.3 is 15.4 Å². The summed E-state index contributed by atoms with van der Waals surface area (Å²) in [6.45, 7) is 2.09. The molecule has 1 aliphatic rings. The van der Waals surface area contributed by atoms with Crippen LogP contribution in [-0.4, -0.2) is 38.1 Å². The molecule has 0 aromatic heterocycles. The SMILES string of the molecule is COc1ccc(F)cc1C(C)NC(=O)C1CNC(=O)CN1. The third kappa shape index (κ3) is 3.69. The molecule has 0 bridgehead atoms. The molecule has 21 heavy (non-hydrogen) atoms. The van der Waals surface area contributed by atoms with Crippen molar-refractivity contribution in [2.24, 2.45) is 0 Å². The highest BCUT2D eigenvalue weighted by Crippen LogP contribution is 2.25. The number of hydrogen-bond acceptors (Lipinski definition) is 4. The standard InChI is InChI=1S/C14H18FN3O3/c1-8(10-5-9(15)3-4-12(10)21-2)18-14(20)11-6-17-13(19)7-16-11/h3-5,8,11,16H,6-7H2,1-2H3,(H,17,19)(H,18,20). The number of nitrogens with one attached hydrogen (secondary N) is 3. The number of halogens is 1. The van der Waals surface area contributed by atoms with Gasteiger partial charge in [-0.2, -0.15) is 0 Å². The van der Waals surface area contributed by atoms with Crippen LogP contribution in [0.1, 0.15) is 18.5 Å². The fraction of sp³-hybridized carbons (Fsp3) is 0.429. The minimum absolute atomic E-state index is 0.107. The molecule has 2 unspecified atom stereocenters. The van der Waals surface area contributed by atoms with Crippen molar-refractivity contribution in [3.05, 3.63) is 29.6 Å². The van der Waals surface area contributed by atoms with Gasteiger partial charge in [-0.3, -0.25) is 14.9 Å². The minimum atomic E-state index is -0.496. The molecular weight excluding hydrogens is 277 g/mol. The molecule has 1 fully saturated rings. The molecule has 0 spiro atoms. The first-order valence-corrected chi connectivity index (χ1v) is 6.65. The van der Waals surface area contributed by atoms with E-state index in [0.29, 0.717) is 11.3 Å². The highest BCUT2D eigenvalue weighted by atomic mass is 19.1. The Morgan fingerprint density at radius 2 is 2.29 bits per heavy atom. The number of carbonyl (C=O) groups is 2. The molecule has 6 nitrogen and oxygen atoms in total. The number of piperazine rings is 1. The van der Waals surface area contributed by atoms with Crippen molar-refractivity contribution in [1.82, 2.24) is 16.0 Å². The van der Waals surface area contributed by atoms with E-state index in [4.69, 9.17) is 4.74 Å². The third-order valence-electron chi connectivity index (χ3n) is 3.35. The summed E-state index contributed by atoms with van der Waals surface area (Å²) in [5, 5.41) is 8.23. The maximum absolute atomic E-state index is 13.4. The van der Waals surface area contributed by atoms with Crippen molar-refractivity contribution in [1.29, 1.82) is 0 Å². The molecule has 2 atom stereocenters. The average Bonchev–Trinajstić information content (AvgIpc) is 2.47. The Morgan fingerprint density at radius 3 is 2.90 bits per heavy atom. The number of hydrogen-bond donors (Lipinski definition) is 3. The molecule has 1 saturated heterocycles. The van der Waals surface area contributed by atoms with Gasteiger partial charge in [0.1, 0.15) is 17.6 Å². The smallest absolute Gasteiger partial charge is 0.239 e. The summed E-state index contributed by atoms with van der Waals surface area (Å²) in [5.74, 6) is -0.281. The Hall–Kier alpha value is -2.15. The highest BCUT2D eigenvalue weighted by molar-refractivity contribution is 5.87. The summed E-state index contributed by atoms with van der Waals surface area (Å²) in [5.41, 5.74) is 0.561. The largest absolute Gasteiger partial charge is 0.496 e. The highest BCUT2D eigenvalue weighted by Gasteiger charge is 2.25. The second-order valence-corrected chi connectivity index (χ2v) is 4.85. The molecular formula is C14H18FN3O3. The van der Waals surface area contributed by atoms with Crippen molar-refractivity contribution in [2.45, 2.75) is 19.0 Å². The number of rotatable bonds is 4. The zero-order chi connectivity index (χ0) is 15.4. The van der Waals surface area contributed by atoms with E-state index in [0.717, 1.165) is 0 Å². The fourth-order valence-electron chi connectivity index (χ4n) is 2.19. The summed E-state index contributed by atoms with van der Waals surface area (Å²) in [7, 11) is 1.49. The summed E-state index contributed by atoms with van der Waals surface area (Å²) in [6, 6.07) is 3.24. The van der Waals surface area contributed by atoms with Crippen molar-refractivity contribution in [3.8, 4) is 5.75 Å². The van der Waals surface area contributed by atoms with Gasteiger partial charge in [0.15, 0.2) is 0 Å². The van der Waals surface area contributed by atoms with Gasteiger partial charge in [0.05, 0.1) is 19.7 Å². The topological polar surface area (TPSA) is 79.5 Å². The molecule has 3 N–H and O–H groups in total. The number of amides is 2.